The summed E-state index contributed by atoms with van der Waals surface area (Å²) in [5.41, 5.74) is 0.807. The number of carboxylic acid groups (broad SMARTS) is 1. The lowest BCUT2D eigenvalue weighted by molar-refractivity contribution is 0.0409. The summed E-state index contributed by atoms with van der Waals surface area (Å²) in [5, 5.41) is 12.1. The second kappa shape index (κ2) is 9.41. The van der Waals surface area contributed by atoms with E-state index in [1.54, 1.807) is 6.33 Å². The Balaban J connectivity index is 1.74. The van der Waals surface area contributed by atoms with Gasteiger partial charge in [0.2, 0.25) is 0 Å². The molecular weight excluding hydrogens is 458 g/mol. The number of hydrogen-bond donors (Lipinski definition) is 2. The molecule has 29 heavy (non-hydrogen) atoms. The normalized spacial score (nSPS) is 17.7. The molecule has 3 rings (SSSR count). The van der Waals surface area contributed by atoms with Crippen molar-refractivity contribution in [3.63, 3.8) is 0 Å². The van der Waals surface area contributed by atoms with Gasteiger partial charge in [0.1, 0.15) is 24.5 Å². The van der Waals surface area contributed by atoms with E-state index in [1.807, 2.05) is 10.8 Å². The number of ether oxygens (including phenoxy) is 2. The minimum atomic E-state index is -1.13. The molecule has 160 valence electrons. The van der Waals surface area contributed by atoms with E-state index in [2.05, 4.69) is 55.8 Å². The fraction of sp³-hybridized carbons (Fsp3) is 0.611. The summed E-state index contributed by atoms with van der Waals surface area (Å²) in [4.78, 5) is 21.8. The lowest BCUT2D eigenvalue weighted by Crippen LogP contribution is -2.47. The summed E-state index contributed by atoms with van der Waals surface area (Å²) in [6, 6.07) is 1.12. The number of aromatic nitrogens is 3. The van der Waals surface area contributed by atoms with Gasteiger partial charge in [-0.1, -0.05) is 19.6 Å². The number of nitrogens with zero attached hydrogens (tertiary/aromatic N) is 4. The average molecular weight is 486 g/mol. The number of fused-ring (bicyclic) bond motifs is 1. The van der Waals surface area contributed by atoms with Crippen molar-refractivity contribution in [1.29, 1.82) is 0 Å². The van der Waals surface area contributed by atoms with Gasteiger partial charge in [-0.25, -0.2) is 14.8 Å². The number of halogens is 1. The minimum absolute atomic E-state index is 0.226. The summed E-state index contributed by atoms with van der Waals surface area (Å²) in [5.74, 6) is 0.811. The second-order valence-corrected chi connectivity index (χ2v) is 14.8. The number of amides is 1. The van der Waals surface area contributed by atoms with Gasteiger partial charge < -0.3 is 29.4 Å². The number of anilines is 1. The SMILES string of the molecule is C[Si](C)(C)CCOCn1cc(Br)c2c(N3CCOC(CNC(=O)O)C3)ncnc21. The first-order valence-corrected chi connectivity index (χ1v) is 14.1. The number of nitrogens with one attached hydrogen (secondary N) is 1. The van der Waals surface area contributed by atoms with Crippen LogP contribution in [0.15, 0.2) is 17.0 Å². The van der Waals surface area contributed by atoms with Crippen LogP contribution in [0.5, 0.6) is 0 Å². The topological polar surface area (TPSA) is 102 Å². The van der Waals surface area contributed by atoms with Crippen LogP contribution in [0.25, 0.3) is 11.0 Å². The first-order chi connectivity index (χ1) is 13.7. The van der Waals surface area contributed by atoms with Crippen LogP contribution in [-0.2, 0) is 16.2 Å². The fourth-order valence-electron chi connectivity index (χ4n) is 3.18. The first-order valence-electron chi connectivity index (χ1n) is 9.65. The fourth-order valence-corrected chi connectivity index (χ4v) is 4.54. The molecule has 0 aromatic carbocycles. The van der Waals surface area contributed by atoms with Crippen LogP contribution < -0.4 is 10.2 Å². The summed E-state index contributed by atoms with van der Waals surface area (Å²) in [7, 11) is -1.13. The number of morpholine rings is 1. The maximum Gasteiger partial charge on any atom is 0.404 e. The lowest BCUT2D eigenvalue weighted by atomic mass is 10.2. The summed E-state index contributed by atoms with van der Waals surface area (Å²) in [6.07, 6.45) is 2.25. The molecule has 0 saturated carbocycles. The Bertz CT molecular complexity index is 857. The highest BCUT2D eigenvalue weighted by Gasteiger charge is 2.25. The van der Waals surface area contributed by atoms with Crippen molar-refractivity contribution in [3.8, 4) is 0 Å². The van der Waals surface area contributed by atoms with Gasteiger partial charge in [-0.2, -0.15) is 0 Å². The van der Waals surface area contributed by atoms with Gasteiger partial charge in [0, 0.05) is 45.0 Å². The molecule has 0 spiro atoms. The highest BCUT2D eigenvalue weighted by molar-refractivity contribution is 9.10. The van der Waals surface area contributed by atoms with Crippen LogP contribution in [0, 0.1) is 0 Å². The van der Waals surface area contributed by atoms with Crippen molar-refractivity contribution in [3.05, 3.63) is 17.0 Å². The molecular formula is C18H28BrN5O4Si. The monoisotopic (exact) mass is 485 g/mol. The molecule has 1 amide bonds. The predicted molar refractivity (Wildman–Crippen MR) is 117 cm³/mol. The summed E-state index contributed by atoms with van der Waals surface area (Å²) < 4.78 is 14.5. The maximum atomic E-state index is 10.8. The molecule has 1 aliphatic rings. The first kappa shape index (κ1) is 22.0. The molecule has 2 N–H and O–H groups in total. The van der Waals surface area contributed by atoms with Crippen molar-refractivity contribution in [2.24, 2.45) is 0 Å². The predicted octanol–water partition coefficient (Wildman–Crippen LogP) is 2.98. The summed E-state index contributed by atoms with van der Waals surface area (Å²) in [6.45, 7) is 10.2. The van der Waals surface area contributed by atoms with Crippen molar-refractivity contribution in [2.75, 3.05) is 37.7 Å². The molecule has 1 aliphatic heterocycles. The van der Waals surface area contributed by atoms with Crippen molar-refractivity contribution >= 4 is 46.9 Å². The van der Waals surface area contributed by atoms with Gasteiger partial charge in [0.15, 0.2) is 0 Å². The standard InChI is InChI=1S/C18H28BrN5O4Si/c1-29(2,3)7-6-27-12-24-10-14(19)15-16(21-11-22-17(15)24)23-4-5-28-13(9-23)8-20-18(25)26/h10-11,13,20H,4-9,12H2,1-3H3,(H,25,26). The van der Waals surface area contributed by atoms with Crippen LogP contribution in [-0.4, -0.2) is 72.8 Å². The van der Waals surface area contributed by atoms with Crippen LogP contribution in [0.2, 0.25) is 25.7 Å². The zero-order valence-corrected chi connectivity index (χ0v) is 19.6. The van der Waals surface area contributed by atoms with Gasteiger partial charge >= 0.3 is 6.09 Å². The van der Waals surface area contributed by atoms with Crippen molar-refractivity contribution in [2.45, 2.75) is 38.5 Å². The summed E-state index contributed by atoms with van der Waals surface area (Å²) >= 11 is 3.64. The molecule has 2 aromatic heterocycles. The third-order valence-electron chi connectivity index (χ3n) is 4.73. The van der Waals surface area contributed by atoms with Crippen LogP contribution in [0.1, 0.15) is 0 Å². The Morgan fingerprint density at radius 1 is 1.45 bits per heavy atom. The van der Waals surface area contributed by atoms with E-state index in [0.717, 1.165) is 34.0 Å². The van der Waals surface area contributed by atoms with E-state index < -0.39 is 14.2 Å². The molecule has 0 aliphatic carbocycles. The van der Waals surface area contributed by atoms with E-state index in [4.69, 9.17) is 14.6 Å². The molecule has 0 radical (unpaired) electrons. The Hall–Kier alpha value is -1.69. The highest BCUT2D eigenvalue weighted by Crippen LogP contribution is 2.32. The Kier molecular flexibility index (Phi) is 7.14. The quantitative estimate of drug-likeness (QED) is 0.437. The van der Waals surface area contributed by atoms with E-state index >= 15 is 0 Å². The molecule has 1 atom stereocenters. The third kappa shape index (κ3) is 5.90. The number of hydrogen-bond acceptors (Lipinski definition) is 6. The van der Waals surface area contributed by atoms with Crippen LogP contribution in [0.3, 0.4) is 0 Å². The van der Waals surface area contributed by atoms with E-state index in [9.17, 15) is 4.79 Å². The highest BCUT2D eigenvalue weighted by atomic mass is 79.9. The molecule has 0 bridgehead atoms. The number of rotatable bonds is 8. The number of carbonyl (C=O) groups is 1. The van der Waals surface area contributed by atoms with Gasteiger partial charge in [-0.3, -0.25) is 0 Å². The van der Waals surface area contributed by atoms with Gasteiger partial charge in [0.05, 0.1) is 18.1 Å². The smallest absolute Gasteiger partial charge is 0.404 e. The van der Waals surface area contributed by atoms with E-state index in [1.165, 1.54) is 0 Å². The van der Waals surface area contributed by atoms with Crippen LogP contribution in [0.4, 0.5) is 10.6 Å². The Labute approximate surface area is 179 Å². The van der Waals surface area contributed by atoms with E-state index in [-0.39, 0.29) is 12.6 Å². The maximum absolute atomic E-state index is 10.8. The molecule has 9 nitrogen and oxygen atoms in total. The molecule has 1 unspecified atom stereocenters. The zero-order valence-electron chi connectivity index (χ0n) is 17.0. The zero-order chi connectivity index (χ0) is 21.0. The van der Waals surface area contributed by atoms with Gasteiger partial charge in [-0.05, 0) is 22.0 Å². The van der Waals surface area contributed by atoms with Crippen molar-refractivity contribution < 1.29 is 19.4 Å². The largest absolute Gasteiger partial charge is 0.465 e. The molecule has 2 aromatic rings. The van der Waals surface area contributed by atoms with Gasteiger partial charge in [0.25, 0.3) is 0 Å². The van der Waals surface area contributed by atoms with Crippen molar-refractivity contribution in [1.82, 2.24) is 19.9 Å². The lowest BCUT2D eigenvalue weighted by Gasteiger charge is -2.33. The van der Waals surface area contributed by atoms with Crippen LogP contribution >= 0.6 is 15.9 Å². The Morgan fingerprint density at radius 3 is 2.97 bits per heavy atom. The van der Waals surface area contributed by atoms with Gasteiger partial charge in [-0.15, -0.1) is 0 Å². The minimum Gasteiger partial charge on any atom is -0.465 e. The third-order valence-corrected chi connectivity index (χ3v) is 7.04. The molecule has 1 saturated heterocycles. The average Bonchev–Trinajstić information content (AvgIpc) is 2.99. The molecule has 3 heterocycles. The van der Waals surface area contributed by atoms with E-state index in [0.29, 0.717) is 26.4 Å². The Morgan fingerprint density at radius 2 is 2.24 bits per heavy atom. The second-order valence-electron chi connectivity index (χ2n) is 8.32. The molecule has 11 heteroatoms. The molecule has 1 fully saturated rings.